The fraction of sp³-hybridized carbons (Fsp3) is 0.286. The van der Waals surface area contributed by atoms with Gasteiger partial charge in [-0.2, -0.15) is 8.78 Å². The zero-order valence-corrected chi connectivity index (χ0v) is 15.9. The van der Waals surface area contributed by atoms with Gasteiger partial charge in [0.1, 0.15) is 5.97 Å². The first-order valence-corrected chi connectivity index (χ1v) is 9.24. The lowest BCUT2D eigenvalue weighted by Gasteiger charge is -2.37. The van der Waals surface area contributed by atoms with Crippen molar-refractivity contribution in [3.05, 3.63) is 63.4 Å². The number of aliphatic hydroxyl groups excluding tert-OH is 1. The molecule has 1 unspecified atom stereocenters. The van der Waals surface area contributed by atoms with Crippen molar-refractivity contribution < 1.29 is 28.9 Å². The third-order valence-corrected chi connectivity index (χ3v) is 5.67. The van der Waals surface area contributed by atoms with E-state index in [4.69, 9.17) is 0 Å². The number of alkyl halides is 2. The Kier molecular flexibility index (Phi) is 4.48. The summed E-state index contributed by atoms with van der Waals surface area (Å²) in [6.07, 6.45) is -0.734. The summed E-state index contributed by atoms with van der Waals surface area (Å²) in [4.78, 5) is 28.6. The lowest BCUT2D eigenvalue weighted by molar-refractivity contribution is -0.346. The summed E-state index contributed by atoms with van der Waals surface area (Å²) >= 11 is 0. The zero-order chi connectivity index (χ0) is 21.8. The number of carbonyl (C=O) groups is 1. The standard InChI is InChI=1S/C21H18F2N2O5/c1-2-20(30,21(22,23)19(28)29)14-8-16-17-12(9-25(16)18(27)13(14)10-26)7-11-5-3-4-6-15(11)24-17/h3-8,26,30H,2,9-10H2,1H3,(H,28,29)/p-1. The van der Waals surface area contributed by atoms with Crippen LogP contribution >= 0.6 is 0 Å². The van der Waals surface area contributed by atoms with Gasteiger partial charge < -0.3 is 24.7 Å². The Morgan fingerprint density at radius 3 is 2.63 bits per heavy atom. The fourth-order valence-corrected chi connectivity index (χ4v) is 3.99. The third-order valence-electron chi connectivity index (χ3n) is 5.67. The number of hydrogen-bond acceptors (Lipinski definition) is 6. The number of fused-ring (bicyclic) bond motifs is 4. The molecule has 0 aliphatic carbocycles. The molecule has 0 spiro atoms. The van der Waals surface area contributed by atoms with Crippen molar-refractivity contribution >= 4 is 16.9 Å². The molecular formula is C21H17F2N2O5-. The minimum absolute atomic E-state index is 0.107. The van der Waals surface area contributed by atoms with Crippen molar-refractivity contribution in [2.24, 2.45) is 0 Å². The Morgan fingerprint density at radius 2 is 2.00 bits per heavy atom. The molecule has 30 heavy (non-hydrogen) atoms. The van der Waals surface area contributed by atoms with E-state index in [1.165, 1.54) is 4.57 Å². The van der Waals surface area contributed by atoms with Crippen LogP contribution in [-0.4, -0.2) is 31.7 Å². The van der Waals surface area contributed by atoms with Gasteiger partial charge in [-0.25, -0.2) is 4.98 Å². The van der Waals surface area contributed by atoms with E-state index in [0.29, 0.717) is 16.8 Å². The molecule has 2 N–H and O–H groups in total. The SMILES string of the molecule is CCC(O)(c1cc2n(c(=O)c1CO)Cc1cc3ccccc3nc1-2)C(F)(F)C(=O)[O-]. The molecule has 3 aromatic rings. The first-order chi connectivity index (χ1) is 14.2. The van der Waals surface area contributed by atoms with Gasteiger partial charge in [0, 0.05) is 22.1 Å². The van der Waals surface area contributed by atoms with Crippen molar-refractivity contribution in [2.75, 3.05) is 0 Å². The molecule has 0 bridgehead atoms. The quantitative estimate of drug-likeness (QED) is 0.501. The summed E-state index contributed by atoms with van der Waals surface area (Å²) in [5.41, 5.74) is -3.39. The van der Waals surface area contributed by atoms with E-state index >= 15 is 0 Å². The van der Waals surface area contributed by atoms with E-state index in [9.17, 15) is 33.7 Å². The maximum Gasteiger partial charge on any atom is 0.319 e. The van der Waals surface area contributed by atoms with Crippen molar-refractivity contribution in [2.45, 2.75) is 38.0 Å². The summed E-state index contributed by atoms with van der Waals surface area (Å²) in [5.74, 6) is -7.48. The van der Waals surface area contributed by atoms with Crippen molar-refractivity contribution in [3.8, 4) is 11.4 Å². The van der Waals surface area contributed by atoms with Crippen molar-refractivity contribution in [1.29, 1.82) is 0 Å². The Morgan fingerprint density at radius 1 is 1.30 bits per heavy atom. The van der Waals surface area contributed by atoms with Crippen LogP contribution in [0.1, 0.15) is 30.0 Å². The summed E-state index contributed by atoms with van der Waals surface area (Å²) in [6, 6.07) is 10.1. The normalized spacial score (nSPS) is 15.0. The molecule has 7 nitrogen and oxygen atoms in total. The number of pyridine rings is 2. The molecule has 1 aliphatic heterocycles. The highest BCUT2D eigenvalue weighted by Crippen LogP contribution is 2.43. The highest BCUT2D eigenvalue weighted by molar-refractivity contribution is 5.84. The van der Waals surface area contributed by atoms with E-state index in [1.807, 2.05) is 18.2 Å². The van der Waals surface area contributed by atoms with Crippen LogP contribution in [0.2, 0.25) is 0 Å². The van der Waals surface area contributed by atoms with E-state index in [0.717, 1.165) is 18.4 Å². The largest absolute Gasteiger partial charge is 0.544 e. The third kappa shape index (κ3) is 2.59. The summed E-state index contributed by atoms with van der Waals surface area (Å²) < 4.78 is 30.2. The predicted octanol–water partition coefficient (Wildman–Crippen LogP) is 0.900. The molecule has 156 valence electrons. The summed E-state index contributed by atoms with van der Waals surface area (Å²) in [5, 5.41) is 32.4. The van der Waals surface area contributed by atoms with Crippen LogP contribution in [0.4, 0.5) is 8.78 Å². The lowest BCUT2D eigenvalue weighted by atomic mass is 9.82. The number of para-hydroxylation sites is 1. The first-order valence-electron chi connectivity index (χ1n) is 9.24. The highest BCUT2D eigenvalue weighted by Gasteiger charge is 2.55. The minimum Gasteiger partial charge on any atom is -0.544 e. The monoisotopic (exact) mass is 415 g/mol. The molecule has 1 aromatic carbocycles. The number of carbonyl (C=O) groups excluding carboxylic acids is 1. The number of carboxylic acid groups (broad SMARTS) is 1. The van der Waals surface area contributed by atoms with Crippen LogP contribution in [0.3, 0.4) is 0 Å². The van der Waals surface area contributed by atoms with Crippen LogP contribution in [0.25, 0.3) is 22.3 Å². The van der Waals surface area contributed by atoms with Crippen LogP contribution < -0.4 is 10.7 Å². The molecular weight excluding hydrogens is 398 g/mol. The molecule has 0 saturated carbocycles. The van der Waals surface area contributed by atoms with Gasteiger partial charge in [-0.15, -0.1) is 0 Å². The summed E-state index contributed by atoms with van der Waals surface area (Å²) in [6.45, 7) is 0.310. The smallest absolute Gasteiger partial charge is 0.319 e. The lowest BCUT2D eigenvalue weighted by Crippen LogP contribution is -2.57. The van der Waals surface area contributed by atoms with Gasteiger partial charge in [0.25, 0.3) is 5.56 Å². The number of aliphatic carboxylic acids is 1. The second kappa shape index (κ2) is 6.68. The van der Waals surface area contributed by atoms with Gasteiger partial charge in [-0.3, -0.25) is 4.79 Å². The van der Waals surface area contributed by atoms with Crippen LogP contribution in [-0.2, 0) is 23.5 Å². The highest BCUT2D eigenvalue weighted by atomic mass is 19.3. The number of hydrogen-bond donors (Lipinski definition) is 2. The van der Waals surface area contributed by atoms with Gasteiger partial charge >= 0.3 is 5.92 Å². The molecule has 4 rings (SSSR count). The van der Waals surface area contributed by atoms with E-state index in [2.05, 4.69) is 4.98 Å². The average molecular weight is 415 g/mol. The molecule has 1 aliphatic rings. The zero-order valence-electron chi connectivity index (χ0n) is 15.9. The maximum atomic E-state index is 14.5. The number of aliphatic hydroxyl groups is 2. The van der Waals surface area contributed by atoms with Gasteiger partial charge in [0.05, 0.1) is 30.1 Å². The van der Waals surface area contributed by atoms with Crippen LogP contribution in [0.15, 0.2) is 41.2 Å². The molecule has 1 atom stereocenters. The Hall–Kier alpha value is -3.17. The molecule has 9 heteroatoms. The molecule has 0 amide bonds. The van der Waals surface area contributed by atoms with Gasteiger partial charge in [-0.05, 0) is 24.6 Å². The topological polar surface area (TPSA) is 115 Å². The van der Waals surface area contributed by atoms with Crippen molar-refractivity contribution in [1.82, 2.24) is 9.55 Å². The van der Waals surface area contributed by atoms with E-state index in [1.54, 1.807) is 12.1 Å². The fourth-order valence-electron chi connectivity index (χ4n) is 3.99. The molecule has 0 radical (unpaired) electrons. The number of nitrogens with zero attached hydrogens (tertiary/aromatic N) is 2. The van der Waals surface area contributed by atoms with Crippen LogP contribution in [0, 0.1) is 0 Å². The number of carboxylic acids is 1. The molecule has 0 saturated heterocycles. The number of halogens is 2. The van der Waals surface area contributed by atoms with Gasteiger partial charge in [0.15, 0.2) is 5.60 Å². The first kappa shape index (κ1) is 20.1. The van der Waals surface area contributed by atoms with Gasteiger partial charge in [-0.1, -0.05) is 25.1 Å². The molecule has 3 heterocycles. The number of benzene rings is 1. The number of aromatic nitrogens is 2. The number of rotatable bonds is 5. The second-order valence-corrected chi connectivity index (χ2v) is 7.24. The Bertz CT molecular complexity index is 1250. The minimum atomic E-state index is -4.70. The average Bonchev–Trinajstić information content (AvgIpc) is 3.09. The molecule has 0 fully saturated rings. The predicted molar refractivity (Wildman–Crippen MR) is 101 cm³/mol. The molecule has 2 aromatic heterocycles. The van der Waals surface area contributed by atoms with Crippen molar-refractivity contribution in [3.63, 3.8) is 0 Å². The van der Waals surface area contributed by atoms with E-state index < -0.39 is 47.2 Å². The van der Waals surface area contributed by atoms with Crippen LogP contribution in [0.5, 0.6) is 0 Å². The Balaban J connectivity index is 2.03. The maximum absolute atomic E-state index is 14.5. The van der Waals surface area contributed by atoms with Gasteiger partial charge in [0.2, 0.25) is 0 Å². The summed E-state index contributed by atoms with van der Waals surface area (Å²) in [7, 11) is 0. The Labute approximate surface area is 168 Å². The second-order valence-electron chi connectivity index (χ2n) is 7.24. The van der Waals surface area contributed by atoms with E-state index in [-0.39, 0.29) is 12.2 Å².